The van der Waals surface area contributed by atoms with Crippen LogP contribution < -0.4 is 15.4 Å². The van der Waals surface area contributed by atoms with Gasteiger partial charge in [-0.2, -0.15) is 0 Å². The van der Waals surface area contributed by atoms with Crippen molar-refractivity contribution in [2.24, 2.45) is 17.8 Å². The van der Waals surface area contributed by atoms with E-state index in [1.165, 1.54) is 4.90 Å². The van der Waals surface area contributed by atoms with Crippen LogP contribution in [0.3, 0.4) is 0 Å². The predicted molar refractivity (Wildman–Crippen MR) is 141 cm³/mol. The molecule has 1 spiro atoms. The minimum atomic E-state index is -1.14. The Morgan fingerprint density at radius 3 is 2.37 bits per heavy atom. The number of carbonyl (C=O) groups is 3. The maximum absolute atomic E-state index is 14.1. The Bertz CT molecular complexity index is 1190. The summed E-state index contributed by atoms with van der Waals surface area (Å²) in [5.41, 5.74) is 0.0540. The van der Waals surface area contributed by atoms with Crippen molar-refractivity contribution in [2.45, 2.75) is 56.9 Å². The summed E-state index contributed by atoms with van der Waals surface area (Å²) in [6, 6.07) is 14.5. The molecule has 2 aromatic carbocycles. The number of carbonyl (C=O) groups excluding carboxylic acids is 3. The minimum absolute atomic E-state index is 0.178. The number of nitrogens with one attached hydrogen (secondary N) is 2. The summed E-state index contributed by atoms with van der Waals surface area (Å²) in [4.78, 5) is 43.1. The third-order valence-corrected chi connectivity index (χ3v) is 8.04. The molecule has 3 N–H and O–H groups in total. The van der Waals surface area contributed by atoms with E-state index in [0.717, 1.165) is 0 Å². The molecule has 0 radical (unpaired) electrons. The minimum Gasteiger partial charge on any atom is -0.497 e. The molecule has 38 heavy (non-hydrogen) atoms. The van der Waals surface area contributed by atoms with Crippen LogP contribution in [0.15, 0.2) is 54.6 Å². The Morgan fingerprint density at radius 1 is 1.08 bits per heavy atom. The molecule has 0 aromatic heterocycles. The largest absolute Gasteiger partial charge is 0.497 e. The number of amides is 3. The Kier molecular flexibility index (Phi) is 7.15. The highest BCUT2D eigenvalue weighted by Gasteiger charge is 2.75. The highest BCUT2D eigenvalue weighted by molar-refractivity contribution is 6.05. The van der Waals surface area contributed by atoms with Gasteiger partial charge in [-0.15, -0.1) is 0 Å². The lowest BCUT2D eigenvalue weighted by Gasteiger charge is -2.37. The standard InChI is InChI=1S/C29H35N3O6/c1-17(2)15-20(16-33)32-25(27(35)31-19-9-11-21(37-3)12-10-19)29-14-13-22(38-29)23(24(29)28(32)36)26(34)30-18-7-5-4-6-8-18/h4-12,17,20,22-25,33H,13-16H2,1-3H3,(H,30,34)(H,31,35)/t20-,22+,23-,24+,25?,29?/m1/s1. The van der Waals surface area contributed by atoms with Gasteiger partial charge in [-0.3, -0.25) is 14.4 Å². The number of fused-ring (bicyclic) bond motifs is 1. The van der Waals surface area contributed by atoms with Gasteiger partial charge in [-0.25, -0.2) is 0 Å². The van der Waals surface area contributed by atoms with Crippen LogP contribution in [0.1, 0.15) is 33.1 Å². The molecule has 9 nitrogen and oxygen atoms in total. The molecule has 3 saturated heterocycles. The predicted octanol–water partition coefficient (Wildman–Crippen LogP) is 3.05. The number of anilines is 2. The number of hydrogen-bond donors (Lipinski definition) is 3. The molecule has 3 heterocycles. The second-order valence-electron chi connectivity index (χ2n) is 10.8. The first-order valence-corrected chi connectivity index (χ1v) is 13.2. The molecule has 2 unspecified atom stereocenters. The number of nitrogens with zero attached hydrogens (tertiary/aromatic N) is 1. The number of ether oxygens (including phenoxy) is 2. The second kappa shape index (κ2) is 10.4. The van der Waals surface area contributed by atoms with Gasteiger partial charge in [0, 0.05) is 11.4 Å². The van der Waals surface area contributed by atoms with Crippen LogP contribution in [0.25, 0.3) is 0 Å². The van der Waals surface area contributed by atoms with Gasteiger partial charge in [0.05, 0.1) is 37.7 Å². The molecule has 2 aromatic rings. The molecule has 5 rings (SSSR count). The molecule has 3 aliphatic heterocycles. The number of rotatable bonds is 9. The van der Waals surface area contributed by atoms with E-state index in [4.69, 9.17) is 9.47 Å². The molecule has 3 amide bonds. The van der Waals surface area contributed by atoms with Gasteiger partial charge >= 0.3 is 0 Å². The Hall–Kier alpha value is -3.43. The van der Waals surface area contributed by atoms with Crippen molar-refractivity contribution in [2.75, 3.05) is 24.4 Å². The van der Waals surface area contributed by atoms with E-state index in [0.29, 0.717) is 36.4 Å². The zero-order valence-corrected chi connectivity index (χ0v) is 21.9. The molecular formula is C29H35N3O6. The van der Waals surface area contributed by atoms with E-state index in [1.54, 1.807) is 43.5 Å². The third-order valence-electron chi connectivity index (χ3n) is 8.04. The van der Waals surface area contributed by atoms with Gasteiger partial charge in [-0.1, -0.05) is 32.0 Å². The normalized spacial score (nSPS) is 28.3. The van der Waals surface area contributed by atoms with E-state index in [1.807, 2.05) is 32.0 Å². The number of aliphatic hydroxyl groups is 1. The number of benzene rings is 2. The summed E-state index contributed by atoms with van der Waals surface area (Å²) in [5, 5.41) is 16.2. The fourth-order valence-corrected chi connectivity index (χ4v) is 6.54. The zero-order chi connectivity index (χ0) is 27.0. The molecule has 9 heteroatoms. The van der Waals surface area contributed by atoms with Gasteiger partial charge < -0.3 is 30.1 Å². The lowest BCUT2D eigenvalue weighted by Crippen LogP contribution is -2.56. The smallest absolute Gasteiger partial charge is 0.250 e. The van der Waals surface area contributed by atoms with Crippen LogP contribution >= 0.6 is 0 Å². The quantitative estimate of drug-likeness (QED) is 0.467. The Morgan fingerprint density at radius 2 is 1.74 bits per heavy atom. The van der Waals surface area contributed by atoms with Crippen LogP contribution in [0.4, 0.5) is 11.4 Å². The third kappa shape index (κ3) is 4.43. The Labute approximate surface area is 222 Å². The number of likely N-dealkylation sites (tertiary alicyclic amines) is 1. The van der Waals surface area contributed by atoms with Crippen molar-refractivity contribution in [3.63, 3.8) is 0 Å². The SMILES string of the molecule is COc1ccc(NC(=O)C2N([C@@H](CO)CC(C)C)C(=O)[C@@H]3[C@H](C(=O)Nc4ccccc4)[C@@H]4CCC23O4)cc1. The molecule has 202 valence electrons. The van der Waals surface area contributed by atoms with Crippen molar-refractivity contribution >= 4 is 29.1 Å². The fraction of sp³-hybridized carbons (Fsp3) is 0.483. The van der Waals surface area contributed by atoms with Crippen LogP contribution in [-0.2, 0) is 19.1 Å². The van der Waals surface area contributed by atoms with E-state index in [-0.39, 0.29) is 24.3 Å². The van der Waals surface area contributed by atoms with Gasteiger partial charge in [-0.05, 0) is 61.6 Å². The van der Waals surface area contributed by atoms with E-state index in [9.17, 15) is 19.5 Å². The number of aliphatic hydroxyl groups excluding tert-OH is 1. The van der Waals surface area contributed by atoms with Crippen LogP contribution in [0, 0.1) is 17.8 Å². The van der Waals surface area contributed by atoms with Crippen molar-refractivity contribution in [3.05, 3.63) is 54.6 Å². The van der Waals surface area contributed by atoms with Crippen molar-refractivity contribution in [1.29, 1.82) is 0 Å². The molecule has 3 fully saturated rings. The average molecular weight is 522 g/mol. The van der Waals surface area contributed by atoms with Crippen molar-refractivity contribution in [1.82, 2.24) is 4.90 Å². The molecular weight excluding hydrogens is 486 g/mol. The Balaban J connectivity index is 1.49. The first kappa shape index (κ1) is 26.2. The molecule has 0 aliphatic carbocycles. The molecule has 2 bridgehead atoms. The van der Waals surface area contributed by atoms with Gasteiger partial charge in [0.15, 0.2) is 0 Å². The molecule has 6 atom stereocenters. The van der Waals surface area contributed by atoms with Crippen molar-refractivity contribution in [3.8, 4) is 5.75 Å². The molecule has 3 aliphatic rings. The lowest BCUT2D eigenvalue weighted by atomic mass is 9.70. The maximum atomic E-state index is 14.1. The van der Waals surface area contributed by atoms with E-state index >= 15 is 0 Å². The van der Waals surface area contributed by atoms with Gasteiger partial charge in [0.2, 0.25) is 17.7 Å². The van der Waals surface area contributed by atoms with Crippen LogP contribution in [0.2, 0.25) is 0 Å². The summed E-state index contributed by atoms with van der Waals surface area (Å²) in [5.74, 6) is -1.69. The van der Waals surface area contributed by atoms with Gasteiger partial charge in [0.25, 0.3) is 0 Å². The monoisotopic (exact) mass is 521 g/mol. The molecule has 0 saturated carbocycles. The van der Waals surface area contributed by atoms with Crippen LogP contribution in [0.5, 0.6) is 5.75 Å². The van der Waals surface area contributed by atoms with Gasteiger partial charge in [0.1, 0.15) is 17.4 Å². The zero-order valence-electron chi connectivity index (χ0n) is 21.9. The van der Waals surface area contributed by atoms with E-state index in [2.05, 4.69) is 10.6 Å². The summed E-state index contributed by atoms with van der Waals surface area (Å²) < 4.78 is 11.7. The fourth-order valence-electron chi connectivity index (χ4n) is 6.54. The maximum Gasteiger partial charge on any atom is 0.250 e. The highest BCUT2D eigenvalue weighted by Crippen LogP contribution is 2.59. The first-order chi connectivity index (χ1) is 18.3. The number of para-hydroxylation sites is 1. The first-order valence-electron chi connectivity index (χ1n) is 13.2. The summed E-state index contributed by atoms with van der Waals surface area (Å²) in [6.07, 6.45) is 1.12. The lowest BCUT2D eigenvalue weighted by molar-refractivity contribution is -0.143. The number of methoxy groups -OCH3 is 1. The topological polar surface area (TPSA) is 117 Å². The second-order valence-corrected chi connectivity index (χ2v) is 10.8. The van der Waals surface area contributed by atoms with Crippen LogP contribution in [-0.4, -0.2) is 65.2 Å². The summed E-state index contributed by atoms with van der Waals surface area (Å²) in [6.45, 7) is 3.73. The highest BCUT2D eigenvalue weighted by atomic mass is 16.5. The summed E-state index contributed by atoms with van der Waals surface area (Å²) in [7, 11) is 1.57. The number of hydrogen-bond acceptors (Lipinski definition) is 6. The summed E-state index contributed by atoms with van der Waals surface area (Å²) >= 11 is 0. The van der Waals surface area contributed by atoms with E-state index < -0.39 is 41.5 Å². The average Bonchev–Trinajstić information content (AvgIpc) is 3.55. The van der Waals surface area contributed by atoms with Crippen molar-refractivity contribution < 1.29 is 29.0 Å².